The van der Waals surface area contributed by atoms with Crippen molar-refractivity contribution < 1.29 is 23.8 Å². The molecule has 0 amide bonds. The number of phenolic OH excluding ortho intramolecular Hbond substituents is 1. The molecule has 1 N–H and O–H groups in total. The van der Waals surface area contributed by atoms with Crippen molar-refractivity contribution in [3.8, 4) is 39.7 Å². The predicted molar refractivity (Wildman–Crippen MR) is 153 cm³/mol. The Labute approximate surface area is 234 Å². The lowest BCUT2D eigenvalue weighted by Gasteiger charge is -2.16. The number of carbonyl (C=O) groups excluding carboxylic acids is 1. The van der Waals surface area contributed by atoms with E-state index in [1.807, 2.05) is 30.3 Å². The van der Waals surface area contributed by atoms with Gasteiger partial charge in [-0.3, -0.25) is 9.59 Å². The number of ether oxygens (including phenoxy) is 2. The number of aryl methyl sites for hydroxylation is 1. The van der Waals surface area contributed by atoms with Crippen LogP contribution in [0, 0.1) is 0 Å². The van der Waals surface area contributed by atoms with Crippen molar-refractivity contribution in [2.75, 3.05) is 14.2 Å². The standard InChI is InChI=1S/C31H24Cl2O6/c1-37-27-11-6-17(12-30(27)38-2)4-3-5-24(34)18-7-9-19(10-8-18)31-20-13-22(32)25(35)15-28(20)39-29-16-26(36)23(33)14-21(29)31/h6-16,35H,3-5H2,1-2H3. The van der Waals surface area contributed by atoms with E-state index in [9.17, 15) is 14.7 Å². The molecule has 1 aliphatic carbocycles. The Morgan fingerprint density at radius 1 is 0.897 bits per heavy atom. The van der Waals surface area contributed by atoms with Gasteiger partial charge in [0.15, 0.2) is 17.3 Å². The fourth-order valence-electron chi connectivity index (χ4n) is 4.67. The maximum Gasteiger partial charge on any atom is 0.200 e. The molecule has 39 heavy (non-hydrogen) atoms. The summed E-state index contributed by atoms with van der Waals surface area (Å²) in [4.78, 5) is 25.1. The van der Waals surface area contributed by atoms with Gasteiger partial charge < -0.3 is 19.0 Å². The van der Waals surface area contributed by atoms with Crippen LogP contribution in [-0.2, 0) is 6.42 Å². The van der Waals surface area contributed by atoms with Crippen molar-refractivity contribution in [2.45, 2.75) is 19.3 Å². The van der Waals surface area contributed by atoms with E-state index in [0.717, 1.165) is 23.1 Å². The van der Waals surface area contributed by atoms with Crippen molar-refractivity contribution in [3.63, 3.8) is 0 Å². The molecule has 0 radical (unpaired) electrons. The molecule has 0 atom stereocenters. The van der Waals surface area contributed by atoms with Crippen LogP contribution < -0.4 is 14.9 Å². The fraction of sp³-hybridized carbons (Fsp3) is 0.161. The second kappa shape index (κ2) is 11.0. The van der Waals surface area contributed by atoms with Crippen LogP contribution in [0.4, 0.5) is 0 Å². The van der Waals surface area contributed by atoms with E-state index in [-0.39, 0.29) is 27.0 Å². The van der Waals surface area contributed by atoms with Gasteiger partial charge in [-0.1, -0.05) is 53.5 Å². The molecular formula is C31H24Cl2O6. The number of aromatic hydroxyl groups is 1. The molecule has 198 valence electrons. The van der Waals surface area contributed by atoms with Gasteiger partial charge in [0, 0.05) is 40.6 Å². The SMILES string of the molecule is COc1ccc(CCCC(=O)c2ccc(-c3c4cc(Cl)c(=O)cc-4oc4cc(O)c(Cl)cc34)cc2)cc1OC. The van der Waals surface area contributed by atoms with Gasteiger partial charge in [0.05, 0.1) is 24.3 Å². The molecule has 6 nitrogen and oxygen atoms in total. The van der Waals surface area contributed by atoms with Crippen molar-refractivity contribution >= 4 is 40.0 Å². The van der Waals surface area contributed by atoms with Gasteiger partial charge >= 0.3 is 0 Å². The Morgan fingerprint density at radius 3 is 2.36 bits per heavy atom. The number of hydrogen-bond donors (Lipinski definition) is 1. The zero-order valence-corrected chi connectivity index (χ0v) is 22.7. The van der Waals surface area contributed by atoms with Gasteiger partial charge in [-0.25, -0.2) is 0 Å². The van der Waals surface area contributed by atoms with E-state index in [0.29, 0.717) is 52.2 Å². The molecule has 0 saturated carbocycles. The normalized spacial score (nSPS) is 11.2. The summed E-state index contributed by atoms with van der Waals surface area (Å²) in [5.74, 6) is 1.55. The Morgan fingerprint density at radius 2 is 1.64 bits per heavy atom. The average Bonchev–Trinajstić information content (AvgIpc) is 2.93. The molecule has 0 unspecified atom stereocenters. The number of hydrogen-bond acceptors (Lipinski definition) is 6. The average molecular weight is 563 g/mol. The summed E-state index contributed by atoms with van der Waals surface area (Å²) in [5.41, 5.74) is 3.76. The summed E-state index contributed by atoms with van der Waals surface area (Å²) in [5, 5.41) is 11.0. The Hall–Kier alpha value is -4.00. The van der Waals surface area contributed by atoms with Crippen LogP contribution >= 0.6 is 23.2 Å². The number of ketones is 1. The van der Waals surface area contributed by atoms with Crippen LogP contribution in [0.25, 0.3) is 33.4 Å². The number of halogens is 2. The maximum atomic E-state index is 12.9. The van der Waals surface area contributed by atoms with Gasteiger partial charge in [0.1, 0.15) is 17.1 Å². The van der Waals surface area contributed by atoms with E-state index in [4.69, 9.17) is 37.1 Å². The third kappa shape index (κ3) is 5.31. The smallest absolute Gasteiger partial charge is 0.200 e. The molecule has 3 aromatic rings. The van der Waals surface area contributed by atoms with Crippen LogP contribution in [0.15, 0.2) is 75.9 Å². The highest BCUT2D eigenvalue weighted by Gasteiger charge is 2.20. The minimum Gasteiger partial charge on any atom is -0.506 e. The summed E-state index contributed by atoms with van der Waals surface area (Å²) < 4.78 is 16.5. The first-order valence-electron chi connectivity index (χ1n) is 12.2. The minimum absolute atomic E-state index is 0.0341. The first-order valence-corrected chi connectivity index (χ1v) is 13.0. The summed E-state index contributed by atoms with van der Waals surface area (Å²) in [6.07, 6.45) is 1.80. The van der Waals surface area contributed by atoms with Crippen molar-refractivity contribution in [1.29, 1.82) is 0 Å². The van der Waals surface area contributed by atoms with Gasteiger partial charge in [0.2, 0.25) is 5.43 Å². The fourth-order valence-corrected chi connectivity index (χ4v) is 5.00. The lowest BCUT2D eigenvalue weighted by atomic mass is 9.92. The van der Waals surface area contributed by atoms with Crippen molar-refractivity contribution in [1.82, 2.24) is 0 Å². The second-order valence-electron chi connectivity index (χ2n) is 9.10. The first-order chi connectivity index (χ1) is 18.8. The number of rotatable bonds is 8. The van der Waals surface area contributed by atoms with Crippen LogP contribution in [0.5, 0.6) is 17.2 Å². The lowest BCUT2D eigenvalue weighted by molar-refractivity contribution is 0.0980. The van der Waals surface area contributed by atoms with Crippen LogP contribution in [0.1, 0.15) is 28.8 Å². The Kier molecular flexibility index (Phi) is 7.51. The van der Waals surface area contributed by atoms with Crippen LogP contribution in [0.2, 0.25) is 10.0 Å². The molecule has 0 spiro atoms. The molecule has 0 bridgehead atoms. The number of benzene rings is 4. The van der Waals surface area contributed by atoms with Gasteiger partial charge in [-0.15, -0.1) is 0 Å². The van der Waals surface area contributed by atoms with E-state index >= 15 is 0 Å². The number of Topliss-reactive ketones (excluding diaryl/α,β-unsaturated/α-hetero) is 1. The molecule has 8 heteroatoms. The monoisotopic (exact) mass is 562 g/mol. The van der Waals surface area contributed by atoms with E-state index in [2.05, 4.69) is 0 Å². The third-order valence-corrected chi connectivity index (χ3v) is 7.25. The summed E-state index contributed by atoms with van der Waals surface area (Å²) in [6.45, 7) is 0. The molecule has 1 aliphatic heterocycles. The number of methoxy groups -OCH3 is 2. The van der Waals surface area contributed by atoms with Gasteiger partial charge in [0.25, 0.3) is 0 Å². The maximum absolute atomic E-state index is 12.9. The van der Waals surface area contributed by atoms with E-state index in [1.165, 1.54) is 12.1 Å². The largest absolute Gasteiger partial charge is 0.506 e. The molecule has 3 aromatic carbocycles. The third-order valence-electron chi connectivity index (χ3n) is 6.65. The Balaban J connectivity index is 1.42. The number of phenols is 1. The zero-order chi connectivity index (χ0) is 27.7. The summed E-state index contributed by atoms with van der Waals surface area (Å²) in [7, 11) is 3.19. The molecular weight excluding hydrogens is 539 g/mol. The van der Waals surface area contributed by atoms with Crippen molar-refractivity contribution in [3.05, 3.63) is 98.1 Å². The van der Waals surface area contributed by atoms with E-state index < -0.39 is 0 Å². The van der Waals surface area contributed by atoms with Gasteiger partial charge in [-0.05, 0) is 48.2 Å². The van der Waals surface area contributed by atoms with E-state index in [1.54, 1.807) is 38.5 Å². The molecule has 5 rings (SSSR count). The number of fused-ring (bicyclic) bond motifs is 2. The predicted octanol–water partition coefficient (Wildman–Crippen LogP) is 7.80. The molecule has 0 fully saturated rings. The molecule has 0 saturated heterocycles. The second-order valence-corrected chi connectivity index (χ2v) is 9.91. The molecule has 2 aliphatic rings. The van der Waals surface area contributed by atoms with Crippen LogP contribution in [0.3, 0.4) is 0 Å². The molecule has 1 heterocycles. The first kappa shape index (κ1) is 26.6. The Bertz CT molecular complexity index is 1720. The van der Waals surface area contributed by atoms with Gasteiger partial charge in [-0.2, -0.15) is 0 Å². The minimum atomic E-state index is -0.370. The topological polar surface area (TPSA) is 86.0 Å². The summed E-state index contributed by atoms with van der Waals surface area (Å²) in [6, 6.07) is 18.9. The lowest BCUT2D eigenvalue weighted by Crippen LogP contribution is -2.03. The highest BCUT2D eigenvalue weighted by Crippen LogP contribution is 2.43. The highest BCUT2D eigenvalue weighted by atomic mass is 35.5. The summed E-state index contributed by atoms with van der Waals surface area (Å²) >= 11 is 12.4. The zero-order valence-electron chi connectivity index (χ0n) is 21.2. The highest BCUT2D eigenvalue weighted by molar-refractivity contribution is 6.33. The van der Waals surface area contributed by atoms with Crippen LogP contribution in [-0.4, -0.2) is 25.1 Å². The molecule has 0 aromatic heterocycles. The number of carbonyl (C=O) groups is 1. The van der Waals surface area contributed by atoms with Crippen molar-refractivity contribution in [2.24, 2.45) is 0 Å². The quantitative estimate of drug-likeness (QED) is 0.153.